The monoisotopic (exact) mass is 340 g/mol. The van der Waals surface area contributed by atoms with Crippen molar-refractivity contribution in [2.45, 2.75) is 31.2 Å². The van der Waals surface area contributed by atoms with E-state index in [0.29, 0.717) is 17.0 Å². The van der Waals surface area contributed by atoms with Crippen molar-refractivity contribution >= 4 is 17.7 Å². The van der Waals surface area contributed by atoms with Gasteiger partial charge in [0.1, 0.15) is 0 Å². The van der Waals surface area contributed by atoms with Crippen LogP contribution in [0.5, 0.6) is 0 Å². The number of hydrogen-bond donors (Lipinski definition) is 2. The lowest BCUT2D eigenvalue weighted by molar-refractivity contribution is 0.185. The molecule has 3 rings (SSSR count). The van der Waals surface area contributed by atoms with Gasteiger partial charge in [-0.25, -0.2) is 4.79 Å². The maximum absolute atomic E-state index is 11.2. The molecular formula is C19H17ClN2O2. The molecular weight excluding hydrogens is 324 g/mol. The molecule has 0 radical (unpaired) electrons. The van der Waals surface area contributed by atoms with Gasteiger partial charge in [0.25, 0.3) is 0 Å². The predicted molar refractivity (Wildman–Crippen MR) is 92.3 cm³/mol. The second-order valence-electron chi connectivity index (χ2n) is 6.06. The van der Waals surface area contributed by atoms with E-state index < -0.39 is 6.09 Å². The molecule has 24 heavy (non-hydrogen) atoms. The third kappa shape index (κ3) is 3.52. The molecule has 122 valence electrons. The Bertz CT molecular complexity index is 796. The largest absolute Gasteiger partial charge is 0.465 e. The van der Waals surface area contributed by atoms with Crippen molar-refractivity contribution in [2.75, 3.05) is 0 Å². The molecule has 0 saturated carbocycles. The molecule has 2 aromatic carbocycles. The lowest BCUT2D eigenvalue weighted by Gasteiger charge is -2.34. The van der Waals surface area contributed by atoms with Gasteiger partial charge in [-0.3, -0.25) is 0 Å². The fourth-order valence-electron chi connectivity index (χ4n) is 3.42. The second-order valence-corrected chi connectivity index (χ2v) is 6.49. The zero-order valence-electron chi connectivity index (χ0n) is 13.0. The van der Waals surface area contributed by atoms with E-state index in [4.69, 9.17) is 16.7 Å². The smallest absolute Gasteiger partial charge is 0.404 e. The van der Waals surface area contributed by atoms with Gasteiger partial charge in [0, 0.05) is 17.0 Å². The number of halogens is 1. The SMILES string of the molecule is N#Cc1ccc2c(c1)C(Cc1ccc(Cl)cc1)C(NC(=O)O)CC2. The van der Waals surface area contributed by atoms with Crippen LogP contribution in [0.3, 0.4) is 0 Å². The topological polar surface area (TPSA) is 73.1 Å². The number of rotatable bonds is 3. The van der Waals surface area contributed by atoms with Crippen molar-refractivity contribution in [3.63, 3.8) is 0 Å². The number of carboxylic acid groups (broad SMARTS) is 1. The lowest BCUT2D eigenvalue weighted by Crippen LogP contribution is -2.42. The standard InChI is InChI=1S/C19H17ClN2O2/c20-15-6-2-12(3-7-15)9-17-16-10-13(11-21)1-4-14(16)5-8-18(17)22-19(23)24/h1-4,6-7,10,17-18,22H,5,8-9H2,(H,23,24). The Morgan fingerprint density at radius 1 is 1.29 bits per heavy atom. The zero-order valence-corrected chi connectivity index (χ0v) is 13.8. The van der Waals surface area contributed by atoms with Gasteiger partial charge < -0.3 is 10.4 Å². The molecule has 1 aliphatic carbocycles. The first kappa shape index (κ1) is 16.4. The van der Waals surface area contributed by atoms with E-state index in [0.717, 1.165) is 24.0 Å². The minimum Gasteiger partial charge on any atom is -0.465 e. The first-order chi connectivity index (χ1) is 11.6. The second kappa shape index (κ2) is 6.94. The molecule has 0 fully saturated rings. The Hall–Kier alpha value is -2.51. The molecule has 1 amide bonds. The zero-order chi connectivity index (χ0) is 17.1. The first-order valence-corrected chi connectivity index (χ1v) is 8.21. The van der Waals surface area contributed by atoms with E-state index in [9.17, 15) is 10.1 Å². The maximum atomic E-state index is 11.2. The van der Waals surface area contributed by atoms with Crippen molar-refractivity contribution in [3.8, 4) is 6.07 Å². The third-order valence-corrected chi connectivity index (χ3v) is 4.81. The highest BCUT2D eigenvalue weighted by atomic mass is 35.5. The number of hydrogen-bond acceptors (Lipinski definition) is 2. The fourth-order valence-corrected chi connectivity index (χ4v) is 3.55. The maximum Gasteiger partial charge on any atom is 0.404 e. The normalized spacial score (nSPS) is 19.2. The van der Waals surface area contributed by atoms with Gasteiger partial charge in [-0.15, -0.1) is 0 Å². The minimum atomic E-state index is -1.01. The molecule has 0 aromatic heterocycles. The molecule has 2 unspecified atom stereocenters. The number of benzene rings is 2. The van der Waals surface area contributed by atoms with Gasteiger partial charge in [-0.2, -0.15) is 5.26 Å². The Labute approximate surface area is 145 Å². The Balaban J connectivity index is 1.97. The number of fused-ring (bicyclic) bond motifs is 1. The van der Waals surface area contributed by atoms with Crippen molar-refractivity contribution in [2.24, 2.45) is 0 Å². The number of carbonyl (C=O) groups is 1. The van der Waals surface area contributed by atoms with Crippen LogP contribution in [-0.4, -0.2) is 17.2 Å². The number of aryl methyl sites for hydroxylation is 1. The summed E-state index contributed by atoms with van der Waals surface area (Å²) < 4.78 is 0. The summed E-state index contributed by atoms with van der Waals surface area (Å²) in [4.78, 5) is 11.2. The van der Waals surface area contributed by atoms with Gasteiger partial charge in [0.15, 0.2) is 0 Å². The molecule has 4 nitrogen and oxygen atoms in total. The summed E-state index contributed by atoms with van der Waals surface area (Å²) in [7, 11) is 0. The van der Waals surface area contributed by atoms with Crippen LogP contribution in [0.4, 0.5) is 4.79 Å². The minimum absolute atomic E-state index is 0.000625. The molecule has 0 heterocycles. The van der Waals surface area contributed by atoms with E-state index >= 15 is 0 Å². The van der Waals surface area contributed by atoms with Crippen molar-refractivity contribution in [1.82, 2.24) is 5.32 Å². The highest BCUT2D eigenvalue weighted by Crippen LogP contribution is 2.35. The van der Waals surface area contributed by atoms with Crippen LogP contribution >= 0.6 is 11.6 Å². The number of nitrogens with one attached hydrogen (secondary N) is 1. The molecule has 5 heteroatoms. The Morgan fingerprint density at radius 2 is 2.04 bits per heavy atom. The molecule has 2 aromatic rings. The van der Waals surface area contributed by atoms with Gasteiger partial charge >= 0.3 is 6.09 Å². The fraction of sp³-hybridized carbons (Fsp3) is 0.263. The molecule has 2 N–H and O–H groups in total. The number of amides is 1. The Kier molecular flexibility index (Phi) is 4.73. The van der Waals surface area contributed by atoms with Crippen molar-refractivity contribution in [3.05, 3.63) is 69.7 Å². The average molecular weight is 341 g/mol. The molecule has 0 bridgehead atoms. The van der Waals surface area contributed by atoms with E-state index in [1.54, 1.807) is 0 Å². The first-order valence-electron chi connectivity index (χ1n) is 7.83. The summed E-state index contributed by atoms with van der Waals surface area (Å²) >= 11 is 5.95. The summed E-state index contributed by atoms with van der Waals surface area (Å²) in [5.74, 6) is -0.000625. The molecule has 0 saturated heterocycles. The van der Waals surface area contributed by atoms with E-state index in [-0.39, 0.29) is 12.0 Å². The molecule has 0 spiro atoms. The van der Waals surface area contributed by atoms with E-state index in [2.05, 4.69) is 11.4 Å². The lowest BCUT2D eigenvalue weighted by atomic mass is 9.75. The van der Waals surface area contributed by atoms with Gasteiger partial charge in [0.2, 0.25) is 0 Å². The van der Waals surface area contributed by atoms with Crippen LogP contribution in [0.15, 0.2) is 42.5 Å². The van der Waals surface area contributed by atoms with Crippen molar-refractivity contribution in [1.29, 1.82) is 5.26 Å². The van der Waals surface area contributed by atoms with Crippen LogP contribution < -0.4 is 5.32 Å². The van der Waals surface area contributed by atoms with Crippen LogP contribution in [0.2, 0.25) is 5.02 Å². The van der Waals surface area contributed by atoms with Gasteiger partial charge in [-0.1, -0.05) is 29.8 Å². The number of nitrogens with zero attached hydrogens (tertiary/aromatic N) is 1. The Morgan fingerprint density at radius 3 is 2.71 bits per heavy atom. The highest BCUT2D eigenvalue weighted by molar-refractivity contribution is 6.30. The van der Waals surface area contributed by atoms with Crippen LogP contribution in [-0.2, 0) is 12.8 Å². The predicted octanol–water partition coefficient (Wildman–Crippen LogP) is 4.12. The van der Waals surface area contributed by atoms with Gasteiger partial charge in [-0.05, 0) is 60.2 Å². The third-order valence-electron chi connectivity index (χ3n) is 4.56. The summed E-state index contributed by atoms with van der Waals surface area (Å²) in [5, 5.41) is 21.7. The molecule has 0 aliphatic heterocycles. The summed E-state index contributed by atoms with van der Waals surface area (Å²) in [6.07, 6.45) is 1.25. The van der Waals surface area contributed by atoms with Crippen molar-refractivity contribution < 1.29 is 9.90 Å². The molecule has 1 aliphatic rings. The van der Waals surface area contributed by atoms with Crippen LogP contribution in [0.1, 0.15) is 34.6 Å². The molecule has 2 atom stereocenters. The van der Waals surface area contributed by atoms with E-state index in [1.807, 2.05) is 42.5 Å². The number of nitriles is 1. The van der Waals surface area contributed by atoms with Crippen LogP contribution in [0, 0.1) is 11.3 Å². The highest BCUT2D eigenvalue weighted by Gasteiger charge is 2.31. The van der Waals surface area contributed by atoms with Crippen LogP contribution in [0.25, 0.3) is 0 Å². The summed E-state index contributed by atoms with van der Waals surface area (Å²) in [5.41, 5.74) is 3.95. The quantitative estimate of drug-likeness (QED) is 0.882. The summed E-state index contributed by atoms with van der Waals surface area (Å²) in [6, 6.07) is 15.3. The van der Waals surface area contributed by atoms with E-state index in [1.165, 1.54) is 5.56 Å². The van der Waals surface area contributed by atoms with Gasteiger partial charge in [0.05, 0.1) is 11.6 Å². The average Bonchev–Trinajstić information content (AvgIpc) is 2.58. The summed E-state index contributed by atoms with van der Waals surface area (Å²) in [6.45, 7) is 0.